The first-order valence-electron chi connectivity index (χ1n) is 5.14. The van der Waals surface area contributed by atoms with Crippen LogP contribution in [0.2, 0.25) is 5.15 Å². The summed E-state index contributed by atoms with van der Waals surface area (Å²) >= 11 is 5.70. The molecule has 2 aromatic rings. The maximum Gasteiger partial charge on any atom is 0.573 e. The predicted octanol–water partition coefficient (Wildman–Crippen LogP) is 3.28. The van der Waals surface area contributed by atoms with E-state index in [0.29, 0.717) is 0 Å². The zero-order chi connectivity index (χ0) is 15.0. The molecule has 1 aromatic heterocycles. The van der Waals surface area contributed by atoms with Gasteiger partial charge >= 0.3 is 6.36 Å². The summed E-state index contributed by atoms with van der Waals surface area (Å²) in [6.45, 7) is 0. The molecule has 0 atom stereocenters. The lowest BCUT2D eigenvalue weighted by molar-refractivity contribution is -0.274. The molecule has 0 aliphatic heterocycles. The Morgan fingerprint density at radius 3 is 2.15 bits per heavy atom. The van der Waals surface area contributed by atoms with Crippen LogP contribution in [0.25, 0.3) is 0 Å². The standard InChI is InChI=1S/C11H7ClF3NO3S/c12-10-2-1-7-16(10)20(17,18)9-5-3-8(4-6-9)19-11(13,14)15/h1-7H. The molecule has 1 heterocycles. The number of aromatic nitrogens is 1. The molecule has 0 aliphatic rings. The van der Waals surface area contributed by atoms with E-state index >= 15 is 0 Å². The van der Waals surface area contributed by atoms with E-state index in [9.17, 15) is 21.6 Å². The Hall–Kier alpha value is -1.67. The van der Waals surface area contributed by atoms with E-state index in [2.05, 4.69) is 4.74 Å². The van der Waals surface area contributed by atoms with Crippen molar-refractivity contribution in [1.29, 1.82) is 0 Å². The van der Waals surface area contributed by atoms with Crippen molar-refractivity contribution in [3.8, 4) is 5.75 Å². The van der Waals surface area contributed by atoms with Crippen molar-refractivity contribution in [2.24, 2.45) is 0 Å². The molecule has 0 aliphatic carbocycles. The third-order valence-electron chi connectivity index (χ3n) is 2.28. The quantitative estimate of drug-likeness (QED) is 0.870. The highest BCUT2D eigenvalue weighted by Gasteiger charge is 2.31. The van der Waals surface area contributed by atoms with Crippen LogP contribution in [0.1, 0.15) is 0 Å². The van der Waals surface area contributed by atoms with Crippen molar-refractivity contribution >= 4 is 21.6 Å². The zero-order valence-electron chi connectivity index (χ0n) is 9.63. The third kappa shape index (κ3) is 3.07. The van der Waals surface area contributed by atoms with Crippen LogP contribution < -0.4 is 4.74 Å². The number of alkyl halides is 3. The first-order chi connectivity index (χ1) is 9.20. The molecular weight excluding hydrogens is 319 g/mol. The van der Waals surface area contributed by atoms with Crippen molar-refractivity contribution in [2.75, 3.05) is 0 Å². The molecule has 2 rings (SSSR count). The van der Waals surface area contributed by atoms with Gasteiger partial charge in [0, 0.05) is 6.20 Å². The molecule has 0 N–H and O–H groups in total. The van der Waals surface area contributed by atoms with Crippen LogP contribution >= 0.6 is 11.6 Å². The van der Waals surface area contributed by atoms with Gasteiger partial charge in [0.25, 0.3) is 10.0 Å². The second-order valence-electron chi connectivity index (χ2n) is 3.65. The fourth-order valence-electron chi connectivity index (χ4n) is 1.47. The molecule has 0 bridgehead atoms. The summed E-state index contributed by atoms with van der Waals surface area (Å²) in [6, 6.07) is 6.65. The molecule has 9 heteroatoms. The van der Waals surface area contributed by atoms with Gasteiger partial charge in [0.1, 0.15) is 10.9 Å². The molecule has 0 unspecified atom stereocenters. The number of halogens is 4. The molecule has 0 saturated carbocycles. The van der Waals surface area contributed by atoms with E-state index in [-0.39, 0.29) is 10.0 Å². The summed E-state index contributed by atoms with van der Waals surface area (Å²) in [5.41, 5.74) is 0. The second-order valence-corrected chi connectivity index (χ2v) is 5.85. The molecule has 108 valence electrons. The Morgan fingerprint density at radius 2 is 1.70 bits per heavy atom. The molecule has 0 spiro atoms. The first-order valence-corrected chi connectivity index (χ1v) is 6.96. The summed E-state index contributed by atoms with van der Waals surface area (Å²) in [5.74, 6) is -0.505. The molecule has 1 aromatic carbocycles. The Kier molecular flexibility index (Phi) is 3.70. The topological polar surface area (TPSA) is 48.3 Å². The third-order valence-corrected chi connectivity index (χ3v) is 4.39. The monoisotopic (exact) mass is 325 g/mol. The van der Waals surface area contributed by atoms with Crippen molar-refractivity contribution < 1.29 is 26.3 Å². The number of hydrogen-bond donors (Lipinski definition) is 0. The maximum atomic E-state index is 12.1. The van der Waals surface area contributed by atoms with E-state index in [0.717, 1.165) is 28.2 Å². The largest absolute Gasteiger partial charge is 0.573 e. The summed E-state index contributed by atoms with van der Waals surface area (Å²) < 4.78 is 64.7. The average molecular weight is 326 g/mol. The van der Waals surface area contributed by atoms with Crippen molar-refractivity contribution in [3.63, 3.8) is 0 Å². The predicted molar refractivity (Wildman–Crippen MR) is 65.2 cm³/mol. The summed E-state index contributed by atoms with van der Waals surface area (Å²) in [7, 11) is -3.94. The Bertz CT molecular complexity index is 707. The minimum absolute atomic E-state index is 0.0272. The minimum Gasteiger partial charge on any atom is -0.406 e. The van der Waals surface area contributed by atoms with Crippen LogP contribution in [-0.2, 0) is 10.0 Å². The highest BCUT2D eigenvalue weighted by Crippen LogP contribution is 2.25. The second kappa shape index (κ2) is 5.02. The number of nitrogens with zero attached hydrogens (tertiary/aromatic N) is 1. The molecule has 0 radical (unpaired) electrons. The average Bonchev–Trinajstić information content (AvgIpc) is 2.74. The minimum atomic E-state index is -4.83. The van der Waals surface area contributed by atoms with Crippen molar-refractivity contribution in [2.45, 2.75) is 11.3 Å². The van der Waals surface area contributed by atoms with E-state index in [1.54, 1.807) is 0 Å². The fraction of sp³-hybridized carbons (Fsp3) is 0.0909. The van der Waals surface area contributed by atoms with Crippen LogP contribution in [0, 0.1) is 0 Å². The highest BCUT2D eigenvalue weighted by molar-refractivity contribution is 7.90. The molecule has 0 saturated heterocycles. The fourth-order valence-corrected chi connectivity index (χ4v) is 3.10. The van der Waals surface area contributed by atoms with E-state index < -0.39 is 22.1 Å². The van der Waals surface area contributed by atoms with Gasteiger partial charge < -0.3 is 4.74 Å². The lowest BCUT2D eigenvalue weighted by Crippen LogP contribution is -2.17. The number of hydrogen-bond acceptors (Lipinski definition) is 3. The number of ether oxygens (including phenoxy) is 1. The van der Waals surface area contributed by atoms with Crippen LogP contribution in [0.4, 0.5) is 13.2 Å². The van der Waals surface area contributed by atoms with Gasteiger partial charge in [-0.2, -0.15) is 0 Å². The van der Waals surface area contributed by atoms with Crippen molar-refractivity contribution in [3.05, 3.63) is 47.7 Å². The van der Waals surface area contributed by atoms with E-state index in [1.165, 1.54) is 18.3 Å². The molecular formula is C11H7ClF3NO3S. The number of benzene rings is 1. The van der Waals surface area contributed by atoms with E-state index in [4.69, 9.17) is 11.6 Å². The van der Waals surface area contributed by atoms with Gasteiger partial charge in [-0.1, -0.05) is 11.6 Å². The molecule has 20 heavy (non-hydrogen) atoms. The summed E-state index contributed by atoms with van der Waals surface area (Å²) in [5, 5.41) is -0.0272. The normalized spacial score (nSPS) is 12.4. The Labute approximate surface area is 117 Å². The van der Waals surface area contributed by atoms with Gasteiger partial charge in [0.2, 0.25) is 0 Å². The van der Waals surface area contributed by atoms with Gasteiger partial charge in [0.15, 0.2) is 0 Å². The number of rotatable bonds is 3. The van der Waals surface area contributed by atoms with Crippen molar-refractivity contribution in [1.82, 2.24) is 3.97 Å². The lowest BCUT2D eigenvalue weighted by atomic mass is 10.3. The van der Waals surface area contributed by atoms with Crippen LogP contribution in [-0.4, -0.2) is 18.8 Å². The van der Waals surface area contributed by atoms with Gasteiger partial charge in [-0.15, -0.1) is 13.2 Å². The Morgan fingerprint density at radius 1 is 1.10 bits per heavy atom. The summed E-state index contributed by atoms with van der Waals surface area (Å²) in [4.78, 5) is -0.204. The van der Waals surface area contributed by atoms with Gasteiger partial charge in [-0.05, 0) is 36.4 Å². The van der Waals surface area contributed by atoms with Crippen LogP contribution in [0.15, 0.2) is 47.5 Å². The Balaban J connectivity index is 2.33. The van der Waals surface area contributed by atoms with E-state index in [1.807, 2.05) is 0 Å². The van der Waals surface area contributed by atoms with Gasteiger partial charge in [0.05, 0.1) is 4.90 Å². The molecule has 0 fully saturated rings. The first kappa shape index (κ1) is 14.7. The highest BCUT2D eigenvalue weighted by atomic mass is 35.5. The summed E-state index contributed by atoms with van der Waals surface area (Å²) in [6.07, 6.45) is -3.60. The molecule has 0 amide bonds. The van der Waals surface area contributed by atoms with Gasteiger partial charge in [-0.25, -0.2) is 12.4 Å². The van der Waals surface area contributed by atoms with Gasteiger partial charge in [-0.3, -0.25) is 0 Å². The lowest BCUT2D eigenvalue weighted by Gasteiger charge is -2.10. The molecule has 4 nitrogen and oxygen atoms in total. The van der Waals surface area contributed by atoms with Crippen LogP contribution in [0.3, 0.4) is 0 Å². The van der Waals surface area contributed by atoms with Crippen LogP contribution in [0.5, 0.6) is 5.75 Å². The maximum absolute atomic E-state index is 12.1. The zero-order valence-corrected chi connectivity index (χ0v) is 11.2. The smallest absolute Gasteiger partial charge is 0.406 e. The SMILES string of the molecule is O=S(=O)(c1ccc(OC(F)(F)F)cc1)n1cccc1Cl.